The summed E-state index contributed by atoms with van der Waals surface area (Å²) >= 11 is 6.23. The maximum atomic E-state index is 14.9. The molecule has 268 valence electrons. The molecule has 5 rings (SSSR count). The molecule has 2 N–H and O–H groups in total. The Morgan fingerprint density at radius 2 is 1.76 bits per heavy atom. The summed E-state index contributed by atoms with van der Waals surface area (Å²) in [7, 11) is 0. The molecule has 49 heavy (non-hydrogen) atoms. The summed E-state index contributed by atoms with van der Waals surface area (Å²) in [6.07, 6.45) is 6.24. The monoisotopic (exact) mass is 699 g/mol. The number of carbonyl (C=O) groups excluding carboxylic acids is 6. The highest BCUT2D eigenvalue weighted by atomic mass is 35.5. The Balaban J connectivity index is 1.48. The van der Waals surface area contributed by atoms with Crippen molar-refractivity contribution in [3.05, 3.63) is 29.3 Å². The zero-order chi connectivity index (χ0) is 35.7. The Morgan fingerprint density at radius 3 is 2.35 bits per heavy atom. The number of hydrogen-bond donors (Lipinski definition) is 2. The number of anilines is 1. The van der Waals surface area contributed by atoms with Crippen molar-refractivity contribution in [2.24, 2.45) is 5.41 Å². The van der Waals surface area contributed by atoms with E-state index >= 15 is 0 Å². The fourth-order valence-electron chi connectivity index (χ4n) is 7.61. The van der Waals surface area contributed by atoms with Gasteiger partial charge in [0.15, 0.2) is 5.60 Å². The number of halogens is 1. The molecule has 5 amide bonds. The summed E-state index contributed by atoms with van der Waals surface area (Å²) in [4.78, 5) is 86.4. The SMILES string of the molecule is CCC[C@H](NC(=O)[C@@H]1C[C@@]2(CN(c3cccc(Cl)c3)C(=O)O2)CN1C(=O)[C@@H](N(C(C)=O)C1CCCCC1)C(C)(C)C)C(=O)C(=O)NC1CC1. The van der Waals surface area contributed by atoms with Gasteiger partial charge in [-0.15, -0.1) is 0 Å². The highest BCUT2D eigenvalue weighted by Gasteiger charge is 2.58. The molecule has 1 aromatic carbocycles. The summed E-state index contributed by atoms with van der Waals surface area (Å²) in [5.74, 6) is -2.73. The molecule has 2 aliphatic carbocycles. The molecule has 1 spiro atoms. The summed E-state index contributed by atoms with van der Waals surface area (Å²) in [6, 6.07) is 3.50. The van der Waals surface area contributed by atoms with Crippen LogP contribution in [0.5, 0.6) is 0 Å². The second-order valence-electron chi connectivity index (χ2n) is 15.3. The first-order chi connectivity index (χ1) is 23.1. The van der Waals surface area contributed by atoms with Gasteiger partial charge in [0.25, 0.3) is 5.91 Å². The molecular formula is C36H50ClN5O7. The lowest BCUT2D eigenvalue weighted by molar-refractivity contribution is -0.155. The number of nitrogens with one attached hydrogen (secondary N) is 2. The van der Waals surface area contributed by atoms with Crippen LogP contribution in [0.25, 0.3) is 0 Å². The van der Waals surface area contributed by atoms with Crippen LogP contribution in [0.2, 0.25) is 5.02 Å². The number of Topliss-reactive ketones (excluding diaryl/α,β-unsaturated/α-hetero) is 1. The standard InChI is InChI=1S/C36H50ClN5O7/c1-6-11-27(29(44)32(46)38-24-16-17-24)39-31(45)28-19-36(20-40(34(48)49-36)26-15-10-12-23(37)18-26)21-41(28)33(47)30(35(3,4)5)42(22(2)43)25-13-8-7-9-14-25/h10,12,15,18,24-25,27-28,30H,6-9,11,13-14,16-17,19-21H2,1-5H3,(H,38,46)(H,39,45)/t27-,28-,30+,36+/m0/s1. The Kier molecular flexibility index (Phi) is 11.0. The Bertz CT molecular complexity index is 1470. The molecule has 2 saturated heterocycles. The zero-order valence-electron chi connectivity index (χ0n) is 29.3. The predicted octanol–water partition coefficient (Wildman–Crippen LogP) is 4.36. The van der Waals surface area contributed by atoms with Crippen molar-refractivity contribution in [1.29, 1.82) is 0 Å². The Hall–Kier alpha value is -3.67. The minimum Gasteiger partial charge on any atom is -0.439 e. The molecule has 12 nitrogen and oxygen atoms in total. The Morgan fingerprint density at radius 1 is 1.06 bits per heavy atom. The summed E-state index contributed by atoms with van der Waals surface area (Å²) in [5, 5.41) is 5.92. The number of nitrogens with zero attached hydrogens (tertiary/aromatic N) is 3. The van der Waals surface area contributed by atoms with E-state index in [1.165, 1.54) is 16.7 Å². The van der Waals surface area contributed by atoms with Crippen LogP contribution in [0.1, 0.15) is 98.8 Å². The van der Waals surface area contributed by atoms with E-state index in [0.29, 0.717) is 17.1 Å². The van der Waals surface area contributed by atoms with Crippen LogP contribution in [0.4, 0.5) is 10.5 Å². The zero-order valence-corrected chi connectivity index (χ0v) is 30.0. The smallest absolute Gasteiger partial charge is 0.415 e. The lowest BCUT2D eigenvalue weighted by atomic mass is 9.82. The molecule has 2 heterocycles. The van der Waals surface area contributed by atoms with Gasteiger partial charge in [-0.3, -0.25) is 28.9 Å². The lowest BCUT2D eigenvalue weighted by Gasteiger charge is -2.46. The fourth-order valence-corrected chi connectivity index (χ4v) is 7.79. The largest absolute Gasteiger partial charge is 0.439 e. The first-order valence-corrected chi connectivity index (χ1v) is 18.0. The van der Waals surface area contributed by atoms with Gasteiger partial charge in [-0.25, -0.2) is 4.79 Å². The third-order valence-electron chi connectivity index (χ3n) is 10.1. The molecule has 0 aromatic heterocycles. The number of carbonyl (C=O) groups is 6. The van der Waals surface area contributed by atoms with Gasteiger partial charge in [0.1, 0.15) is 12.1 Å². The van der Waals surface area contributed by atoms with Gasteiger partial charge in [-0.1, -0.05) is 71.0 Å². The first-order valence-electron chi connectivity index (χ1n) is 17.6. The maximum Gasteiger partial charge on any atom is 0.415 e. The molecule has 0 unspecified atom stereocenters. The van der Waals surface area contributed by atoms with Crippen molar-refractivity contribution < 1.29 is 33.5 Å². The quantitative estimate of drug-likeness (QED) is 0.327. The number of rotatable bonds is 11. The molecule has 4 atom stereocenters. The van der Waals surface area contributed by atoms with Crippen molar-refractivity contribution in [1.82, 2.24) is 20.4 Å². The van der Waals surface area contributed by atoms with E-state index in [1.807, 2.05) is 27.7 Å². The van der Waals surface area contributed by atoms with E-state index < -0.39 is 58.7 Å². The minimum atomic E-state index is -1.25. The van der Waals surface area contributed by atoms with Gasteiger partial charge in [-0.05, 0) is 55.7 Å². The lowest BCUT2D eigenvalue weighted by Crippen LogP contribution is -2.62. The molecule has 1 aromatic rings. The highest BCUT2D eigenvalue weighted by Crippen LogP contribution is 2.41. The molecule has 2 saturated carbocycles. The second kappa shape index (κ2) is 14.7. The van der Waals surface area contributed by atoms with Gasteiger partial charge in [0, 0.05) is 36.1 Å². The topological polar surface area (TPSA) is 145 Å². The van der Waals surface area contributed by atoms with Crippen LogP contribution in [-0.2, 0) is 28.7 Å². The van der Waals surface area contributed by atoms with Crippen molar-refractivity contribution in [3.8, 4) is 0 Å². The van der Waals surface area contributed by atoms with Crippen LogP contribution in [0.15, 0.2) is 24.3 Å². The van der Waals surface area contributed by atoms with Gasteiger partial charge >= 0.3 is 6.09 Å². The first kappa shape index (κ1) is 36.6. The van der Waals surface area contributed by atoms with Crippen LogP contribution >= 0.6 is 11.6 Å². The third kappa shape index (κ3) is 8.22. The van der Waals surface area contributed by atoms with Crippen LogP contribution in [0.3, 0.4) is 0 Å². The fraction of sp³-hybridized carbons (Fsp3) is 0.667. The van der Waals surface area contributed by atoms with Crippen molar-refractivity contribution >= 4 is 52.8 Å². The van der Waals surface area contributed by atoms with Crippen LogP contribution in [-0.4, -0.2) is 94.2 Å². The summed E-state index contributed by atoms with van der Waals surface area (Å²) in [5.41, 5.74) is -1.44. The van der Waals surface area contributed by atoms with Gasteiger partial charge in [0.05, 0.1) is 19.1 Å². The van der Waals surface area contributed by atoms with Crippen LogP contribution in [0, 0.1) is 5.41 Å². The van der Waals surface area contributed by atoms with Gasteiger partial charge in [-0.2, -0.15) is 0 Å². The van der Waals surface area contributed by atoms with E-state index in [4.69, 9.17) is 16.3 Å². The second-order valence-corrected chi connectivity index (χ2v) is 15.7. The number of amides is 5. The number of likely N-dealkylation sites (tertiary alicyclic amines) is 1. The average molecular weight is 700 g/mol. The average Bonchev–Trinajstić information content (AvgIpc) is 3.69. The van der Waals surface area contributed by atoms with Crippen molar-refractivity contribution in [2.45, 2.75) is 135 Å². The van der Waals surface area contributed by atoms with E-state index in [0.717, 1.165) is 44.9 Å². The van der Waals surface area contributed by atoms with Crippen molar-refractivity contribution in [3.63, 3.8) is 0 Å². The summed E-state index contributed by atoms with van der Waals surface area (Å²) < 4.78 is 6.01. The molecule has 4 fully saturated rings. The number of ether oxygens (including phenoxy) is 1. The Labute approximate surface area is 293 Å². The molecule has 0 bridgehead atoms. The number of ketones is 1. The molecule has 2 aliphatic heterocycles. The maximum absolute atomic E-state index is 14.9. The predicted molar refractivity (Wildman–Crippen MR) is 184 cm³/mol. The van der Waals surface area contributed by atoms with Crippen LogP contribution < -0.4 is 15.5 Å². The molecule has 4 aliphatic rings. The molecule has 13 heteroatoms. The molecule has 0 radical (unpaired) electrons. The molecular weight excluding hydrogens is 650 g/mol. The highest BCUT2D eigenvalue weighted by molar-refractivity contribution is 6.38. The van der Waals surface area contributed by atoms with E-state index in [2.05, 4.69) is 10.6 Å². The third-order valence-corrected chi connectivity index (χ3v) is 10.3. The van der Waals surface area contributed by atoms with E-state index in [1.54, 1.807) is 29.2 Å². The minimum absolute atomic E-state index is 0.0283. The van der Waals surface area contributed by atoms with Gasteiger partial charge < -0.3 is 25.2 Å². The summed E-state index contributed by atoms with van der Waals surface area (Å²) in [6.45, 7) is 9.00. The normalized spacial score (nSPS) is 24.0. The van der Waals surface area contributed by atoms with Crippen molar-refractivity contribution in [2.75, 3.05) is 18.0 Å². The number of hydrogen-bond acceptors (Lipinski definition) is 7. The van der Waals surface area contributed by atoms with E-state index in [-0.39, 0.29) is 43.9 Å². The van der Waals surface area contributed by atoms with E-state index in [9.17, 15) is 28.8 Å². The number of benzene rings is 1. The van der Waals surface area contributed by atoms with Gasteiger partial charge in [0.2, 0.25) is 23.5 Å².